The van der Waals surface area contributed by atoms with Crippen molar-refractivity contribution in [3.8, 4) is 0 Å². The predicted molar refractivity (Wildman–Crippen MR) is 77.5 cm³/mol. The van der Waals surface area contributed by atoms with Crippen molar-refractivity contribution in [1.82, 2.24) is 4.90 Å². The summed E-state index contributed by atoms with van der Waals surface area (Å²) < 4.78 is 0. The minimum atomic E-state index is -0.611. The molecule has 20 heavy (non-hydrogen) atoms. The van der Waals surface area contributed by atoms with Crippen LogP contribution in [-0.4, -0.2) is 34.6 Å². The van der Waals surface area contributed by atoms with Gasteiger partial charge < -0.3 is 5.11 Å². The van der Waals surface area contributed by atoms with Crippen molar-refractivity contribution in [1.29, 1.82) is 0 Å². The van der Waals surface area contributed by atoms with Crippen LogP contribution in [0.5, 0.6) is 0 Å². The quantitative estimate of drug-likeness (QED) is 0.861. The Morgan fingerprint density at radius 3 is 2.20 bits per heavy atom. The summed E-state index contributed by atoms with van der Waals surface area (Å²) in [6.45, 7) is 3.99. The van der Waals surface area contributed by atoms with Crippen molar-refractivity contribution in [3.63, 3.8) is 0 Å². The van der Waals surface area contributed by atoms with Crippen molar-refractivity contribution < 1.29 is 9.90 Å². The van der Waals surface area contributed by atoms with Crippen molar-refractivity contribution in [2.75, 3.05) is 13.1 Å². The lowest BCUT2D eigenvalue weighted by molar-refractivity contribution is -0.151. The van der Waals surface area contributed by atoms with Crippen molar-refractivity contribution in [2.45, 2.75) is 63.8 Å². The topological polar surface area (TPSA) is 40.5 Å². The van der Waals surface area contributed by atoms with Gasteiger partial charge in [0.05, 0.1) is 0 Å². The molecule has 112 valence electrons. The zero-order chi connectivity index (χ0) is 14.0. The first kappa shape index (κ1) is 13.1. The van der Waals surface area contributed by atoms with E-state index >= 15 is 0 Å². The van der Waals surface area contributed by atoms with Gasteiger partial charge in [0.2, 0.25) is 0 Å². The molecule has 4 saturated carbocycles. The van der Waals surface area contributed by atoms with E-state index < -0.39 is 11.5 Å². The second kappa shape index (κ2) is 4.22. The van der Waals surface area contributed by atoms with Crippen molar-refractivity contribution >= 4 is 5.97 Å². The molecule has 1 saturated heterocycles. The summed E-state index contributed by atoms with van der Waals surface area (Å²) in [5.74, 6) is 2.26. The zero-order valence-corrected chi connectivity index (χ0v) is 12.6. The normalized spacial score (nSPS) is 50.8. The molecule has 0 aromatic rings. The molecule has 5 rings (SSSR count). The first-order valence-electron chi connectivity index (χ1n) is 8.48. The van der Waals surface area contributed by atoms with Crippen LogP contribution in [-0.2, 0) is 4.79 Å². The van der Waals surface area contributed by atoms with Gasteiger partial charge in [0, 0.05) is 6.54 Å². The minimum absolute atomic E-state index is 0.468. The minimum Gasteiger partial charge on any atom is -0.480 e. The van der Waals surface area contributed by atoms with Crippen LogP contribution in [0.1, 0.15) is 58.3 Å². The van der Waals surface area contributed by atoms with E-state index in [4.69, 9.17) is 0 Å². The van der Waals surface area contributed by atoms with E-state index in [0.717, 1.165) is 43.7 Å². The predicted octanol–water partition coefficient (Wildman–Crippen LogP) is 3.14. The van der Waals surface area contributed by atoms with Crippen molar-refractivity contribution in [2.24, 2.45) is 23.2 Å². The molecule has 4 aliphatic carbocycles. The largest absolute Gasteiger partial charge is 0.480 e. The van der Waals surface area contributed by atoms with E-state index in [9.17, 15) is 9.90 Å². The van der Waals surface area contributed by atoms with Gasteiger partial charge in [0.15, 0.2) is 0 Å². The highest BCUT2D eigenvalue weighted by molar-refractivity contribution is 5.78. The molecular weight excluding hydrogens is 250 g/mol. The molecule has 1 atom stereocenters. The van der Waals surface area contributed by atoms with Crippen molar-refractivity contribution in [3.05, 3.63) is 0 Å². The average molecular weight is 277 g/mol. The van der Waals surface area contributed by atoms with Gasteiger partial charge in [-0.1, -0.05) is 0 Å². The first-order chi connectivity index (χ1) is 9.49. The number of hydrogen-bond acceptors (Lipinski definition) is 2. The Balaban J connectivity index is 1.55. The van der Waals surface area contributed by atoms with Crippen LogP contribution in [0.25, 0.3) is 0 Å². The summed E-state index contributed by atoms with van der Waals surface area (Å²) in [5.41, 5.74) is -0.126. The molecule has 0 aromatic heterocycles. The summed E-state index contributed by atoms with van der Waals surface area (Å²) in [4.78, 5) is 14.0. The Hall–Kier alpha value is -0.570. The van der Waals surface area contributed by atoms with Crippen LogP contribution in [0, 0.1) is 23.2 Å². The molecule has 0 amide bonds. The lowest BCUT2D eigenvalue weighted by Gasteiger charge is -2.58. The van der Waals surface area contributed by atoms with Crippen LogP contribution in [0.3, 0.4) is 0 Å². The number of carboxylic acids is 1. The van der Waals surface area contributed by atoms with Gasteiger partial charge in [-0.2, -0.15) is 0 Å². The van der Waals surface area contributed by atoms with Gasteiger partial charge in [0.1, 0.15) is 5.54 Å². The molecular formula is C17H27NO2. The summed E-state index contributed by atoms with van der Waals surface area (Å²) in [5, 5.41) is 9.61. The van der Waals surface area contributed by atoms with E-state index in [1.807, 2.05) is 6.92 Å². The fourth-order valence-corrected chi connectivity index (χ4v) is 6.40. The number of likely N-dealkylation sites (tertiary alicyclic amines) is 1. The second-order valence-electron chi connectivity index (χ2n) is 8.52. The number of hydrogen-bond donors (Lipinski definition) is 1. The highest BCUT2D eigenvalue weighted by atomic mass is 16.4. The second-order valence-corrected chi connectivity index (χ2v) is 8.52. The molecule has 0 aromatic carbocycles. The molecule has 0 radical (unpaired) electrons. The monoisotopic (exact) mass is 277 g/mol. The molecule has 1 heterocycles. The van der Waals surface area contributed by atoms with E-state index in [2.05, 4.69) is 4.90 Å². The Morgan fingerprint density at radius 2 is 1.70 bits per heavy atom. The number of aliphatic carboxylic acids is 1. The molecule has 3 nitrogen and oxygen atoms in total. The summed E-state index contributed by atoms with van der Waals surface area (Å²) in [7, 11) is 0. The van der Waals surface area contributed by atoms with Gasteiger partial charge in [-0.3, -0.25) is 9.69 Å². The summed E-state index contributed by atoms with van der Waals surface area (Å²) in [6.07, 6.45) is 10.4. The van der Waals surface area contributed by atoms with E-state index in [0.29, 0.717) is 5.41 Å². The first-order valence-corrected chi connectivity index (χ1v) is 8.48. The third-order valence-corrected chi connectivity index (χ3v) is 6.94. The fourth-order valence-electron chi connectivity index (χ4n) is 6.40. The number of nitrogens with zero attached hydrogens (tertiary/aromatic N) is 1. The zero-order valence-electron chi connectivity index (χ0n) is 12.6. The maximum Gasteiger partial charge on any atom is 0.323 e. The lowest BCUT2D eigenvalue weighted by atomic mass is 9.49. The van der Waals surface area contributed by atoms with E-state index in [-0.39, 0.29) is 0 Å². The Labute approximate surface area is 121 Å². The summed E-state index contributed by atoms with van der Waals surface area (Å²) in [6, 6.07) is 0. The van der Waals surface area contributed by atoms with Gasteiger partial charge in [-0.25, -0.2) is 0 Å². The van der Waals surface area contributed by atoms with E-state index in [1.165, 1.54) is 38.5 Å². The van der Waals surface area contributed by atoms with Crippen LogP contribution in [0.2, 0.25) is 0 Å². The molecule has 5 aliphatic rings. The molecule has 1 unspecified atom stereocenters. The smallest absolute Gasteiger partial charge is 0.323 e. The Bertz CT molecular complexity index is 397. The molecule has 3 heteroatoms. The Morgan fingerprint density at radius 1 is 1.15 bits per heavy atom. The van der Waals surface area contributed by atoms with Crippen LogP contribution in [0.15, 0.2) is 0 Å². The number of rotatable bonds is 3. The SMILES string of the molecule is CC1(C(=O)O)CCCN1CC12CC3CC(CC(C3)C1)C2. The summed E-state index contributed by atoms with van der Waals surface area (Å²) >= 11 is 0. The molecule has 4 bridgehead atoms. The van der Waals surface area contributed by atoms with Gasteiger partial charge in [-0.05, 0) is 88.0 Å². The fraction of sp³-hybridized carbons (Fsp3) is 0.941. The van der Waals surface area contributed by atoms with Gasteiger partial charge in [0.25, 0.3) is 0 Å². The molecule has 5 fully saturated rings. The molecule has 0 spiro atoms. The molecule has 1 N–H and O–H groups in total. The van der Waals surface area contributed by atoms with Crippen LogP contribution in [0.4, 0.5) is 0 Å². The molecule has 1 aliphatic heterocycles. The van der Waals surface area contributed by atoms with Crippen LogP contribution < -0.4 is 0 Å². The standard InChI is InChI=1S/C17H27NO2/c1-16(15(19)20)3-2-4-18(16)11-17-8-12-5-13(9-17)7-14(6-12)10-17/h12-14H,2-11H2,1H3,(H,19,20). The van der Waals surface area contributed by atoms with Gasteiger partial charge >= 0.3 is 5.97 Å². The third kappa shape index (κ3) is 1.85. The van der Waals surface area contributed by atoms with Gasteiger partial charge in [-0.15, -0.1) is 0 Å². The number of carboxylic acid groups (broad SMARTS) is 1. The highest BCUT2D eigenvalue weighted by Crippen LogP contribution is 2.60. The van der Waals surface area contributed by atoms with E-state index in [1.54, 1.807) is 0 Å². The lowest BCUT2D eigenvalue weighted by Crippen LogP contribution is -2.56. The maximum atomic E-state index is 11.7. The van der Waals surface area contributed by atoms with Crippen LogP contribution >= 0.6 is 0 Å². The maximum absolute atomic E-state index is 11.7. The average Bonchev–Trinajstić information content (AvgIpc) is 2.69. The number of carbonyl (C=O) groups is 1. The highest BCUT2D eigenvalue weighted by Gasteiger charge is 2.54. The third-order valence-electron chi connectivity index (χ3n) is 6.94. The Kier molecular flexibility index (Phi) is 2.77.